The number of fused-ring (bicyclic) bond motifs is 2. The van der Waals surface area contributed by atoms with Gasteiger partial charge in [-0.15, -0.1) is 0 Å². The van der Waals surface area contributed by atoms with Crippen LogP contribution in [0.25, 0.3) is 16.6 Å². The molecule has 0 spiro atoms. The van der Waals surface area contributed by atoms with Crippen molar-refractivity contribution in [3.63, 3.8) is 0 Å². The molecule has 0 aliphatic rings. The van der Waals surface area contributed by atoms with Crippen LogP contribution in [-0.4, -0.2) is 43.6 Å². The first-order chi connectivity index (χ1) is 14.1. The van der Waals surface area contributed by atoms with Crippen LogP contribution in [-0.2, 0) is 4.84 Å². The van der Waals surface area contributed by atoms with Gasteiger partial charge in [-0.05, 0) is 36.8 Å². The molecule has 0 radical (unpaired) electrons. The maximum absolute atomic E-state index is 14.8. The SMILES string of the molecule is C/C(=N\OCCO)c1ccc2ncc([C@@H](C)c3cc4cccnc4cc3F)n2n1. The second-order valence-corrected chi connectivity index (χ2v) is 6.70. The summed E-state index contributed by atoms with van der Waals surface area (Å²) in [6, 6.07) is 10.6. The van der Waals surface area contributed by atoms with E-state index >= 15 is 0 Å². The zero-order chi connectivity index (χ0) is 20.4. The third-order valence-electron chi connectivity index (χ3n) is 4.78. The number of aliphatic hydroxyl groups is 1. The van der Waals surface area contributed by atoms with Gasteiger partial charge < -0.3 is 9.94 Å². The number of hydrogen-bond acceptors (Lipinski definition) is 6. The standard InChI is InChI=1S/C21H20FN5O2/c1-13(16-10-15-4-3-7-23-19(15)11-17(16)22)20-12-24-21-6-5-18(25-27(20)21)14(2)26-29-9-8-28/h3-7,10-13,28H,8-9H2,1-2H3/b26-14+/t13-/m0/s1. The third-order valence-corrected chi connectivity index (χ3v) is 4.78. The lowest BCUT2D eigenvalue weighted by atomic mass is 9.96. The van der Waals surface area contributed by atoms with Crippen molar-refractivity contribution in [2.45, 2.75) is 19.8 Å². The van der Waals surface area contributed by atoms with Crippen LogP contribution in [0, 0.1) is 5.82 Å². The molecule has 1 N–H and O–H groups in total. The Bertz CT molecular complexity index is 1200. The number of aliphatic hydroxyl groups excluding tert-OH is 1. The molecular formula is C21H20FN5O2. The maximum atomic E-state index is 14.8. The van der Waals surface area contributed by atoms with Gasteiger partial charge in [0, 0.05) is 23.6 Å². The Kier molecular flexibility index (Phi) is 5.18. The molecule has 0 unspecified atom stereocenters. The lowest BCUT2D eigenvalue weighted by Crippen LogP contribution is -2.09. The Labute approximate surface area is 166 Å². The molecule has 29 heavy (non-hydrogen) atoms. The van der Waals surface area contributed by atoms with E-state index < -0.39 is 0 Å². The van der Waals surface area contributed by atoms with Crippen molar-refractivity contribution in [1.29, 1.82) is 0 Å². The quantitative estimate of drug-likeness (QED) is 0.309. The average Bonchev–Trinajstić information content (AvgIpc) is 3.16. The first-order valence-corrected chi connectivity index (χ1v) is 9.25. The van der Waals surface area contributed by atoms with Gasteiger partial charge in [0.1, 0.15) is 23.8 Å². The van der Waals surface area contributed by atoms with Gasteiger partial charge in [-0.25, -0.2) is 13.9 Å². The highest BCUT2D eigenvalue weighted by Crippen LogP contribution is 2.29. The molecule has 0 saturated carbocycles. The van der Waals surface area contributed by atoms with E-state index in [1.54, 1.807) is 29.9 Å². The van der Waals surface area contributed by atoms with Crippen LogP contribution in [0.3, 0.4) is 0 Å². The van der Waals surface area contributed by atoms with Gasteiger partial charge in [-0.1, -0.05) is 18.1 Å². The van der Waals surface area contributed by atoms with E-state index in [0.29, 0.717) is 28.1 Å². The Hall–Kier alpha value is -3.39. The second-order valence-electron chi connectivity index (χ2n) is 6.70. The molecule has 0 aliphatic carbocycles. The van der Waals surface area contributed by atoms with Crippen LogP contribution < -0.4 is 0 Å². The van der Waals surface area contributed by atoms with E-state index in [1.165, 1.54) is 6.07 Å². The highest BCUT2D eigenvalue weighted by atomic mass is 19.1. The third kappa shape index (κ3) is 3.66. The number of nitrogens with zero attached hydrogens (tertiary/aromatic N) is 5. The Morgan fingerprint density at radius 2 is 2.14 bits per heavy atom. The molecule has 3 heterocycles. The summed E-state index contributed by atoms with van der Waals surface area (Å²) in [7, 11) is 0. The smallest absolute Gasteiger partial charge is 0.153 e. The predicted molar refractivity (Wildman–Crippen MR) is 107 cm³/mol. The summed E-state index contributed by atoms with van der Waals surface area (Å²) in [4.78, 5) is 13.6. The van der Waals surface area contributed by atoms with Crippen LogP contribution >= 0.6 is 0 Å². The van der Waals surface area contributed by atoms with E-state index in [9.17, 15) is 4.39 Å². The minimum Gasteiger partial charge on any atom is -0.393 e. The fourth-order valence-corrected chi connectivity index (χ4v) is 3.21. The first-order valence-electron chi connectivity index (χ1n) is 9.25. The predicted octanol–water partition coefficient (Wildman–Crippen LogP) is 3.30. The average molecular weight is 393 g/mol. The number of imidazole rings is 1. The summed E-state index contributed by atoms with van der Waals surface area (Å²) in [6.07, 6.45) is 3.35. The Morgan fingerprint density at radius 1 is 1.28 bits per heavy atom. The molecular weight excluding hydrogens is 373 g/mol. The van der Waals surface area contributed by atoms with Crippen LogP contribution in [0.2, 0.25) is 0 Å². The summed E-state index contributed by atoms with van der Waals surface area (Å²) >= 11 is 0. The molecule has 0 amide bonds. The molecule has 0 bridgehead atoms. The number of benzene rings is 1. The van der Waals surface area contributed by atoms with Crippen LogP contribution in [0.4, 0.5) is 4.39 Å². The number of rotatable bonds is 6. The molecule has 4 aromatic rings. The van der Waals surface area contributed by atoms with Crippen molar-refractivity contribution < 1.29 is 14.3 Å². The van der Waals surface area contributed by atoms with Crippen LogP contribution in [0.15, 0.2) is 53.9 Å². The molecule has 3 aromatic heterocycles. The van der Waals surface area contributed by atoms with Gasteiger partial charge in [0.25, 0.3) is 0 Å². The second kappa shape index (κ2) is 7.92. The van der Waals surface area contributed by atoms with Gasteiger partial charge in [-0.2, -0.15) is 5.10 Å². The molecule has 8 heteroatoms. The molecule has 1 atom stereocenters. The van der Waals surface area contributed by atoms with Crippen molar-refractivity contribution in [2.75, 3.05) is 13.2 Å². The molecule has 148 valence electrons. The molecule has 1 aromatic carbocycles. The lowest BCUT2D eigenvalue weighted by Gasteiger charge is -2.14. The highest BCUT2D eigenvalue weighted by molar-refractivity contribution is 5.96. The molecule has 4 rings (SSSR count). The first kappa shape index (κ1) is 18.9. The Morgan fingerprint density at radius 3 is 2.97 bits per heavy atom. The van der Waals surface area contributed by atoms with Crippen molar-refractivity contribution >= 4 is 22.3 Å². The fourth-order valence-electron chi connectivity index (χ4n) is 3.21. The molecule has 0 saturated heterocycles. The number of hydrogen-bond donors (Lipinski definition) is 1. The minimum absolute atomic E-state index is 0.112. The summed E-state index contributed by atoms with van der Waals surface area (Å²) in [6.45, 7) is 3.69. The van der Waals surface area contributed by atoms with Crippen LogP contribution in [0.5, 0.6) is 0 Å². The number of oxime groups is 1. The van der Waals surface area contributed by atoms with E-state index in [2.05, 4.69) is 20.2 Å². The molecule has 0 aliphatic heterocycles. The van der Waals surface area contributed by atoms with E-state index in [1.807, 2.05) is 31.2 Å². The summed E-state index contributed by atoms with van der Waals surface area (Å²) in [5.41, 5.74) is 3.75. The van der Waals surface area contributed by atoms with Crippen molar-refractivity contribution in [3.8, 4) is 0 Å². The fraction of sp³-hybridized carbons (Fsp3) is 0.238. The summed E-state index contributed by atoms with van der Waals surface area (Å²) < 4.78 is 16.5. The molecule has 0 fully saturated rings. The summed E-state index contributed by atoms with van der Waals surface area (Å²) in [5, 5.41) is 18.2. The van der Waals surface area contributed by atoms with Crippen molar-refractivity contribution in [1.82, 2.24) is 19.6 Å². The van der Waals surface area contributed by atoms with Crippen LogP contribution in [0.1, 0.15) is 36.7 Å². The topological polar surface area (TPSA) is 84.9 Å². The molecule has 7 nitrogen and oxygen atoms in total. The highest BCUT2D eigenvalue weighted by Gasteiger charge is 2.19. The summed E-state index contributed by atoms with van der Waals surface area (Å²) in [5.74, 6) is -0.592. The lowest BCUT2D eigenvalue weighted by molar-refractivity contribution is 0.0986. The van der Waals surface area contributed by atoms with Gasteiger partial charge in [0.15, 0.2) is 5.65 Å². The monoisotopic (exact) mass is 393 g/mol. The van der Waals surface area contributed by atoms with Gasteiger partial charge in [0.05, 0.1) is 24.0 Å². The number of aromatic nitrogens is 4. The van der Waals surface area contributed by atoms with Gasteiger partial charge >= 0.3 is 0 Å². The van der Waals surface area contributed by atoms with Gasteiger partial charge in [0.2, 0.25) is 0 Å². The number of halogens is 1. The van der Waals surface area contributed by atoms with E-state index in [0.717, 1.165) is 11.1 Å². The van der Waals surface area contributed by atoms with E-state index in [4.69, 9.17) is 9.94 Å². The largest absolute Gasteiger partial charge is 0.393 e. The van der Waals surface area contributed by atoms with E-state index in [-0.39, 0.29) is 24.9 Å². The zero-order valence-electron chi connectivity index (χ0n) is 16.1. The Balaban J connectivity index is 1.75. The van der Waals surface area contributed by atoms with Crippen molar-refractivity contribution in [3.05, 3.63) is 71.6 Å². The minimum atomic E-state index is -0.315. The number of pyridine rings is 1. The zero-order valence-corrected chi connectivity index (χ0v) is 16.1. The normalized spacial score (nSPS) is 13.2. The van der Waals surface area contributed by atoms with Crippen molar-refractivity contribution in [2.24, 2.45) is 5.16 Å². The maximum Gasteiger partial charge on any atom is 0.153 e. The van der Waals surface area contributed by atoms with Gasteiger partial charge in [-0.3, -0.25) is 4.98 Å².